The van der Waals surface area contributed by atoms with E-state index in [4.69, 9.17) is 0 Å². The van der Waals surface area contributed by atoms with Gasteiger partial charge in [0.25, 0.3) is 0 Å². The number of aromatic nitrogens is 2. The fourth-order valence-electron chi connectivity index (χ4n) is 10.3. The van der Waals surface area contributed by atoms with Gasteiger partial charge in [-0.25, -0.2) is 4.98 Å². The van der Waals surface area contributed by atoms with Gasteiger partial charge in [-0.2, -0.15) is 5.26 Å². The van der Waals surface area contributed by atoms with E-state index in [1.165, 1.54) is 0 Å². The first kappa shape index (κ1) is 26.4. The molecule has 5 aliphatic rings. The lowest BCUT2D eigenvalue weighted by molar-refractivity contribution is -0.162. The minimum Gasteiger partial charge on any atom is -0.295 e. The summed E-state index contributed by atoms with van der Waals surface area (Å²) in [6.45, 7) is 13.3. The summed E-state index contributed by atoms with van der Waals surface area (Å²) in [5.41, 5.74) is -0.274. The van der Waals surface area contributed by atoms with Gasteiger partial charge in [0, 0.05) is 29.6 Å². The third-order valence-corrected chi connectivity index (χ3v) is 12.7. The Kier molecular flexibility index (Phi) is 5.50. The maximum Gasteiger partial charge on any atom is 0.238 e. The number of Topliss-reactive ketones (excluding diaryl/α,β-unsaturated/α-hetero) is 1. The van der Waals surface area contributed by atoms with E-state index < -0.39 is 10.8 Å². The topological polar surface area (TPSA) is 92.8 Å². The summed E-state index contributed by atoms with van der Waals surface area (Å²) in [5.74, 6) is -0.296. The average Bonchev–Trinajstić information content (AvgIpc) is 3.42. The van der Waals surface area contributed by atoms with E-state index >= 15 is 0 Å². The first-order valence-electron chi connectivity index (χ1n) is 14.7. The van der Waals surface area contributed by atoms with Crippen molar-refractivity contribution in [2.24, 2.45) is 50.7 Å². The van der Waals surface area contributed by atoms with E-state index in [-0.39, 0.29) is 63.0 Å². The molecule has 1 aromatic heterocycles. The highest BCUT2D eigenvalue weighted by Gasteiger charge is 2.70. The smallest absolute Gasteiger partial charge is 0.238 e. The fraction of sp³-hybridized carbons (Fsp3) is 0.667. The van der Waals surface area contributed by atoms with E-state index in [1.54, 1.807) is 23.3 Å². The van der Waals surface area contributed by atoms with Crippen molar-refractivity contribution in [2.45, 2.75) is 86.5 Å². The molecule has 0 aliphatic heterocycles. The van der Waals surface area contributed by atoms with Crippen molar-refractivity contribution in [2.75, 3.05) is 0 Å². The van der Waals surface area contributed by atoms with Crippen LogP contribution >= 0.6 is 0 Å². The van der Waals surface area contributed by atoms with Gasteiger partial charge in [0.05, 0.1) is 11.0 Å². The van der Waals surface area contributed by atoms with E-state index in [0.717, 1.165) is 50.5 Å². The number of hydrogen-bond donors (Lipinski definition) is 0. The predicted molar refractivity (Wildman–Crippen MR) is 147 cm³/mol. The molecule has 6 heteroatoms. The number of hydrogen-bond acceptors (Lipinski definition) is 5. The molecule has 3 fully saturated rings. The van der Waals surface area contributed by atoms with Crippen LogP contribution in [0.3, 0.4) is 0 Å². The number of fused-ring (bicyclic) bond motifs is 7. The summed E-state index contributed by atoms with van der Waals surface area (Å²) >= 11 is 0. The number of carbonyl (C=O) groups excluding carboxylic acids is 3. The third kappa shape index (κ3) is 3.25. The molecule has 8 atom stereocenters. The Morgan fingerprint density at radius 2 is 1.77 bits per heavy atom. The van der Waals surface area contributed by atoms with Crippen molar-refractivity contribution in [3.63, 3.8) is 0 Å². The summed E-state index contributed by atoms with van der Waals surface area (Å²) in [6, 6.07) is 2.16. The first-order valence-corrected chi connectivity index (χ1v) is 14.7. The lowest BCUT2D eigenvalue weighted by Crippen LogP contribution is -2.65. The molecule has 0 bridgehead atoms. The zero-order valence-electron chi connectivity index (χ0n) is 24.2. The SMILES string of the molecule is CC1C(=O)C(C#N)=CC2(C)C3=CC(=O)C4C5CC(C)(C)CCC5(C(=O)n5ccnc5)CCC4(C)C3(C)CCC12. The average molecular weight is 528 g/mol. The molecule has 1 aromatic rings. The molecule has 0 radical (unpaired) electrons. The Hall–Kier alpha value is -2.81. The maximum atomic E-state index is 14.5. The van der Waals surface area contributed by atoms with Crippen LogP contribution in [0, 0.1) is 62.1 Å². The van der Waals surface area contributed by atoms with Crippen LogP contribution in [0.25, 0.3) is 0 Å². The van der Waals surface area contributed by atoms with Crippen LogP contribution in [0.1, 0.15) is 91.3 Å². The minimum atomic E-state index is -0.571. The Morgan fingerprint density at radius 3 is 2.44 bits per heavy atom. The maximum absolute atomic E-state index is 14.5. The van der Waals surface area contributed by atoms with Crippen molar-refractivity contribution < 1.29 is 14.4 Å². The van der Waals surface area contributed by atoms with Crippen LogP contribution in [0.2, 0.25) is 0 Å². The second kappa shape index (κ2) is 8.12. The standard InChI is InChI=1S/C33H41N3O3/c1-20-22-7-8-31(5)25(30(22,4)16-21(18-34)27(20)38)15-24(37)26-23-17-29(2,3)9-11-33(23,12-10-32(26,31)6)28(39)36-14-13-35-19-36/h13-16,19-20,22-23,26H,7-12,17H2,1-6H3. The number of rotatable bonds is 1. The molecule has 0 aromatic carbocycles. The van der Waals surface area contributed by atoms with Crippen LogP contribution in [-0.2, 0) is 9.59 Å². The Labute approximate surface area is 231 Å². The van der Waals surface area contributed by atoms with Crippen molar-refractivity contribution in [1.82, 2.24) is 9.55 Å². The van der Waals surface area contributed by atoms with Gasteiger partial charge in [-0.05, 0) is 79.1 Å². The number of nitrogens with zero attached hydrogens (tertiary/aromatic N) is 3. The molecule has 3 saturated carbocycles. The molecule has 1 heterocycles. The van der Waals surface area contributed by atoms with Gasteiger partial charge in [0.2, 0.25) is 5.91 Å². The van der Waals surface area contributed by atoms with E-state index in [2.05, 4.69) is 45.7 Å². The van der Waals surface area contributed by atoms with Crippen LogP contribution in [0.4, 0.5) is 0 Å². The highest BCUT2D eigenvalue weighted by molar-refractivity contribution is 6.02. The minimum absolute atomic E-state index is 0.0420. The van der Waals surface area contributed by atoms with E-state index in [9.17, 15) is 19.6 Å². The highest BCUT2D eigenvalue weighted by atomic mass is 16.2. The second-order valence-electron chi connectivity index (χ2n) is 14.8. The molecule has 0 saturated heterocycles. The number of carbonyl (C=O) groups is 3. The van der Waals surface area contributed by atoms with Gasteiger partial charge in [0.15, 0.2) is 11.6 Å². The molecule has 8 unspecified atom stereocenters. The zero-order chi connectivity index (χ0) is 28.2. The summed E-state index contributed by atoms with van der Waals surface area (Å²) in [5, 5.41) is 9.81. The van der Waals surface area contributed by atoms with Gasteiger partial charge in [-0.15, -0.1) is 0 Å². The lowest BCUT2D eigenvalue weighted by Gasteiger charge is -2.68. The van der Waals surface area contributed by atoms with Crippen molar-refractivity contribution in [3.05, 3.63) is 42.0 Å². The molecule has 6 rings (SSSR count). The number of nitriles is 1. The van der Waals surface area contributed by atoms with Crippen molar-refractivity contribution in [3.8, 4) is 6.07 Å². The molecule has 5 aliphatic carbocycles. The number of allylic oxidation sites excluding steroid dienone is 4. The molecule has 0 amide bonds. The Morgan fingerprint density at radius 1 is 1.05 bits per heavy atom. The van der Waals surface area contributed by atoms with Gasteiger partial charge >= 0.3 is 0 Å². The number of imidazole rings is 1. The fourth-order valence-corrected chi connectivity index (χ4v) is 10.3. The highest BCUT2D eigenvalue weighted by Crippen LogP contribution is 2.73. The second-order valence-corrected chi connectivity index (χ2v) is 14.8. The van der Waals surface area contributed by atoms with Crippen molar-refractivity contribution in [1.29, 1.82) is 5.26 Å². The summed E-state index contributed by atoms with van der Waals surface area (Å²) < 4.78 is 1.64. The summed E-state index contributed by atoms with van der Waals surface area (Å²) in [4.78, 5) is 45.8. The van der Waals surface area contributed by atoms with Crippen LogP contribution < -0.4 is 0 Å². The van der Waals surface area contributed by atoms with Gasteiger partial charge in [-0.1, -0.05) is 53.2 Å². The number of ketones is 2. The zero-order valence-corrected chi connectivity index (χ0v) is 24.2. The Balaban J connectivity index is 1.52. The van der Waals surface area contributed by atoms with Crippen LogP contribution in [-0.4, -0.2) is 27.0 Å². The monoisotopic (exact) mass is 527 g/mol. The van der Waals surface area contributed by atoms with Gasteiger partial charge in [-0.3, -0.25) is 19.0 Å². The lowest BCUT2D eigenvalue weighted by atomic mass is 9.34. The van der Waals surface area contributed by atoms with Crippen LogP contribution in [0.5, 0.6) is 0 Å². The van der Waals surface area contributed by atoms with Gasteiger partial charge in [0.1, 0.15) is 12.4 Å². The van der Waals surface area contributed by atoms with Gasteiger partial charge < -0.3 is 0 Å². The summed E-state index contributed by atoms with van der Waals surface area (Å²) in [6.07, 6.45) is 14.8. The predicted octanol–water partition coefficient (Wildman–Crippen LogP) is 6.35. The summed E-state index contributed by atoms with van der Waals surface area (Å²) in [7, 11) is 0. The Bertz CT molecular complexity index is 1380. The van der Waals surface area contributed by atoms with Crippen LogP contribution in [0.15, 0.2) is 42.0 Å². The quantitative estimate of drug-likeness (QED) is 0.424. The molecule has 0 N–H and O–H groups in total. The largest absolute Gasteiger partial charge is 0.295 e. The normalized spacial score (nSPS) is 44.5. The molecule has 39 heavy (non-hydrogen) atoms. The van der Waals surface area contributed by atoms with Crippen molar-refractivity contribution >= 4 is 17.5 Å². The molecule has 6 nitrogen and oxygen atoms in total. The molecular formula is C33H41N3O3. The van der Waals surface area contributed by atoms with E-state index in [1.807, 2.05) is 19.1 Å². The molecule has 0 spiro atoms. The first-order chi connectivity index (χ1) is 18.2. The molecular weight excluding hydrogens is 486 g/mol. The third-order valence-electron chi connectivity index (χ3n) is 12.7. The molecule has 206 valence electrons. The van der Waals surface area contributed by atoms with E-state index in [0.29, 0.717) is 0 Å².